The molecule has 0 unspecified atom stereocenters. The van der Waals surface area contributed by atoms with Crippen LogP contribution in [0.4, 0.5) is 0 Å². The van der Waals surface area contributed by atoms with Crippen molar-refractivity contribution in [3.8, 4) is 0 Å². The fourth-order valence-electron chi connectivity index (χ4n) is 0. The number of hydrogen-bond donors (Lipinski definition) is 2. The maximum Gasteiger partial charge on any atom is 2.00 e. The fourth-order valence-corrected chi connectivity index (χ4v) is 0. The molecule has 0 radical (unpaired) electrons. The zero-order valence-electron chi connectivity index (χ0n) is 3.12. The monoisotopic (exact) mass is 142 g/mol. The molecule has 0 aliphatic heterocycles. The second kappa shape index (κ2) is 50.5. The van der Waals surface area contributed by atoms with Crippen LogP contribution in [0.25, 0.3) is 0 Å². The van der Waals surface area contributed by atoms with Crippen molar-refractivity contribution in [2.75, 3.05) is 0 Å². The van der Waals surface area contributed by atoms with Gasteiger partial charge in [-0.3, -0.25) is 0 Å². The second-order valence-electron chi connectivity index (χ2n) is 0.183. The molecule has 0 heterocycles. The maximum atomic E-state index is 8.24. The first-order chi connectivity index (χ1) is 2.83. The summed E-state index contributed by atoms with van der Waals surface area (Å²) in [7, 11) is 0. The van der Waals surface area contributed by atoms with Crippen LogP contribution in [-0.4, -0.2) is 23.2 Å². The van der Waals surface area contributed by atoms with Gasteiger partial charge in [0, 0.05) is 0 Å². The summed E-state index contributed by atoms with van der Waals surface area (Å²) in [6.45, 7) is 1.00. The summed E-state index contributed by atoms with van der Waals surface area (Å²) in [5.41, 5.74) is 0. The molecule has 7 heavy (non-hydrogen) atoms. The Kier molecular flexibility index (Phi) is 116. The molecule has 0 atom stereocenters. The van der Waals surface area contributed by atoms with Crippen LogP contribution in [0, 0.1) is 0 Å². The molecule has 0 aromatic rings. The van der Waals surface area contributed by atoms with Crippen molar-refractivity contribution in [1.29, 1.82) is 0 Å². The van der Waals surface area contributed by atoms with E-state index in [-0.39, 0.29) is 17.4 Å². The minimum Gasteiger partial charge on any atom is -0.665 e. The molecule has 0 bridgehead atoms. The van der Waals surface area contributed by atoms with E-state index in [0.717, 1.165) is 0 Å². The molecule has 2 N–H and O–H groups in total. The van der Waals surface area contributed by atoms with Gasteiger partial charge in [-0.1, -0.05) is 12.9 Å². The van der Waals surface area contributed by atoms with Gasteiger partial charge in [0.1, 0.15) is 0 Å². The van der Waals surface area contributed by atoms with Crippen LogP contribution < -0.4 is 0 Å². The summed E-state index contributed by atoms with van der Waals surface area (Å²) < 4.78 is 0. The number of hydrogen-bond acceptors (Lipinski definition) is 2. The van der Waals surface area contributed by atoms with E-state index in [1.54, 1.807) is 0 Å². The summed E-state index contributed by atoms with van der Waals surface area (Å²) in [5.74, 6) is 0. The SMILES string of the molecule is O=[C-]O.O=[C-]O.[Cr+2]. The third kappa shape index (κ3) is 237. The van der Waals surface area contributed by atoms with Crippen LogP contribution in [0.5, 0.6) is 0 Å². The van der Waals surface area contributed by atoms with E-state index in [9.17, 15) is 0 Å². The summed E-state index contributed by atoms with van der Waals surface area (Å²) in [6.07, 6.45) is 0. The van der Waals surface area contributed by atoms with Crippen LogP contribution >= 0.6 is 0 Å². The van der Waals surface area contributed by atoms with E-state index in [1.165, 1.54) is 0 Å². The van der Waals surface area contributed by atoms with Gasteiger partial charge in [0.25, 0.3) is 0 Å². The van der Waals surface area contributed by atoms with Crippen LogP contribution in [0.2, 0.25) is 0 Å². The van der Waals surface area contributed by atoms with Gasteiger partial charge in [-0.15, -0.1) is 0 Å². The number of aliphatic hydroxyl groups excluding tert-OH is 2. The van der Waals surface area contributed by atoms with E-state index in [2.05, 4.69) is 0 Å². The smallest absolute Gasteiger partial charge is 0.665 e. The van der Waals surface area contributed by atoms with Crippen LogP contribution in [0.15, 0.2) is 0 Å². The van der Waals surface area contributed by atoms with Crippen molar-refractivity contribution in [2.45, 2.75) is 0 Å². The van der Waals surface area contributed by atoms with Crippen molar-refractivity contribution < 1.29 is 37.2 Å². The first-order valence-electron chi connectivity index (χ1n) is 0.855. The van der Waals surface area contributed by atoms with Crippen LogP contribution in [-0.2, 0) is 27.0 Å². The van der Waals surface area contributed by atoms with E-state index >= 15 is 0 Å². The zero-order valence-corrected chi connectivity index (χ0v) is 4.39. The largest absolute Gasteiger partial charge is 2.00 e. The maximum absolute atomic E-state index is 8.24. The topological polar surface area (TPSA) is 74.6 Å². The van der Waals surface area contributed by atoms with E-state index in [1.807, 2.05) is 0 Å². The van der Waals surface area contributed by atoms with Crippen molar-refractivity contribution in [3.63, 3.8) is 0 Å². The quantitative estimate of drug-likeness (QED) is 0.435. The zero-order chi connectivity index (χ0) is 5.41. The Balaban J connectivity index is -0.0000000400. The summed E-state index contributed by atoms with van der Waals surface area (Å²) in [4.78, 5) is 16.5. The molecule has 40 valence electrons. The Morgan fingerprint density at radius 2 is 1.00 bits per heavy atom. The molecule has 5 heteroatoms. The average Bonchev–Trinajstić information content (AvgIpc) is 1.39. The predicted octanol–water partition coefficient (Wildman–Crippen LogP) is -0.779. The first kappa shape index (κ1) is 16.1. The summed E-state index contributed by atoms with van der Waals surface area (Å²) in [6, 6.07) is 0. The Bertz CT molecular complexity index is 30.7. The molecule has 0 rings (SSSR count). The van der Waals surface area contributed by atoms with Crippen molar-refractivity contribution in [1.82, 2.24) is 0 Å². The van der Waals surface area contributed by atoms with Gasteiger partial charge in [0.15, 0.2) is 0 Å². The molecule has 0 aliphatic carbocycles. The van der Waals surface area contributed by atoms with Crippen LogP contribution in [0.3, 0.4) is 0 Å². The van der Waals surface area contributed by atoms with Crippen molar-refractivity contribution >= 4 is 12.9 Å². The normalized spacial score (nSPS) is 3.43. The van der Waals surface area contributed by atoms with Gasteiger partial charge in [0.2, 0.25) is 0 Å². The minimum atomic E-state index is 0. The molecule has 0 fully saturated rings. The van der Waals surface area contributed by atoms with Gasteiger partial charge < -0.3 is 19.8 Å². The van der Waals surface area contributed by atoms with Gasteiger partial charge >= 0.3 is 17.4 Å². The Morgan fingerprint density at radius 3 is 1.00 bits per heavy atom. The van der Waals surface area contributed by atoms with E-state index in [0.29, 0.717) is 12.9 Å². The Morgan fingerprint density at radius 1 is 1.00 bits per heavy atom. The van der Waals surface area contributed by atoms with Crippen molar-refractivity contribution in [3.05, 3.63) is 0 Å². The van der Waals surface area contributed by atoms with Crippen LogP contribution in [0.1, 0.15) is 0 Å². The Hall–Kier alpha value is -0.528. The van der Waals surface area contributed by atoms with E-state index < -0.39 is 0 Å². The second-order valence-corrected chi connectivity index (χ2v) is 0.183. The molecular weight excluding hydrogens is 140 g/mol. The van der Waals surface area contributed by atoms with Gasteiger partial charge in [-0.05, 0) is 0 Å². The standard InChI is InChI=1S/2CHO2.Cr/c2*2-1-3;/h2*(H,2,3);/q2*-1;+2. The summed E-state index contributed by atoms with van der Waals surface area (Å²) in [5, 5.41) is 13.5. The molecule has 4 nitrogen and oxygen atoms in total. The van der Waals surface area contributed by atoms with E-state index in [4.69, 9.17) is 19.8 Å². The molecule has 0 saturated carbocycles. The minimum absolute atomic E-state index is 0. The van der Waals surface area contributed by atoms with Gasteiger partial charge in [-0.2, -0.15) is 0 Å². The Labute approximate surface area is 50.9 Å². The first-order valence-corrected chi connectivity index (χ1v) is 0.855. The molecule has 0 aliphatic rings. The molecule has 0 aromatic heterocycles. The molecule has 0 saturated heterocycles. The number of rotatable bonds is 0. The third-order valence-corrected chi connectivity index (χ3v) is 0. The fraction of sp³-hybridized carbons (Fsp3) is 0. The average molecular weight is 142 g/mol. The molecular formula is C2H2CrO4. The summed E-state index contributed by atoms with van der Waals surface area (Å²) >= 11 is 0. The molecule has 0 aromatic carbocycles. The van der Waals surface area contributed by atoms with Gasteiger partial charge in [-0.25, -0.2) is 0 Å². The molecule has 0 amide bonds. The third-order valence-electron chi connectivity index (χ3n) is 0. The molecule has 0 spiro atoms. The van der Waals surface area contributed by atoms with Crippen molar-refractivity contribution in [2.24, 2.45) is 0 Å². The van der Waals surface area contributed by atoms with Gasteiger partial charge in [0.05, 0.1) is 0 Å². The predicted molar refractivity (Wildman–Crippen MR) is 16.6 cm³/mol.